The minimum absolute atomic E-state index is 0.0491. The molecule has 0 saturated carbocycles. The molecule has 0 aliphatic heterocycles. The fraction of sp³-hybridized carbons (Fsp3) is 0.862. The van der Waals surface area contributed by atoms with Crippen molar-refractivity contribution in [3.63, 3.8) is 0 Å². The zero-order valence-electron chi connectivity index (χ0n) is 26.5. The number of hydrogen-bond acceptors (Lipinski definition) is 11. The van der Waals surface area contributed by atoms with Gasteiger partial charge >= 0.3 is 7.82 Å². The van der Waals surface area contributed by atoms with E-state index in [0.717, 1.165) is 25.7 Å². The number of aliphatic hydroxyl groups is 4. The lowest BCUT2D eigenvalue weighted by Gasteiger charge is -2.34. The van der Waals surface area contributed by atoms with Gasteiger partial charge in [-0.1, -0.05) is 84.0 Å². The van der Waals surface area contributed by atoms with Crippen LogP contribution in [0.25, 0.3) is 0 Å². The molecule has 0 spiro atoms. The van der Waals surface area contributed by atoms with Crippen LogP contribution in [0, 0.1) is 4.77 Å². The van der Waals surface area contributed by atoms with Gasteiger partial charge in [0.05, 0.1) is 38.1 Å². The molecule has 0 aliphatic carbocycles. The van der Waals surface area contributed by atoms with E-state index < -0.39 is 69.4 Å². The Bertz CT molecular complexity index is 1070. The van der Waals surface area contributed by atoms with Gasteiger partial charge in [-0.15, -0.1) is 0 Å². The lowest BCUT2D eigenvalue weighted by atomic mass is 10.00. The maximum Gasteiger partial charge on any atom is 0.472 e. The van der Waals surface area contributed by atoms with Crippen molar-refractivity contribution in [2.24, 2.45) is 5.73 Å². The van der Waals surface area contributed by atoms with Crippen LogP contribution in [0.3, 0.4) is 0 Å². The second-order valence-corrected chi connectivity index (χ2v) is 13.8. The third-order valence-corrected chi connectivity index (χ3v) is 8.54. The molecule has 44 heavy (non-hydrogen) atoms. The molecule has 0 saturated heterocycles. The minimum atomic E-state index is -4.71. The first-order valence-electron chi connectivity index (χ1n) is 15.8. The van der Waals surface area contributed by atoms with Gasteiger partial charge in [0, 0.05) is 12.3 Å². The van der Waals surface area contributed by atoms with Gasteiger partial charge in [0.1, 0.15) is 11.7 Å². The van der Waals surface area contributed by atoms with Crippen molar-refractivity contribution in [3.05, 3.63) is 27.4 Å². The van der Waals surface area contributed by atoms with Crippen LogP contribution in [0.1, 0.15) is 110 Å². The number of nitrogens with two attached hydrogens (primary N) is 1. The van der Waals surface area contributed by atoms with Crippen molar-refractivity contribution in [2.45, 2.75) is 140 Å². The molecule has 258 valence electrons. The fourth-order valence-electron chi connectivity index (χ4n) is 4.65. The zero-order valence-corrected chi connectivity index (χ0v) is 28.2. The Hall–Kier alpha value is -1.03. The van der Waals surface area contributed by atoms with E-state index in [2.05, 4.69) is 11.9 Å². The molecule has 0 aliphatic rings. The van der Waals surface area contributed by atoms with Gasteiger partial charge < -0.3 is 35.8 Å². The smallest absolute Gasteiger partial charge is 0.394 e. The summed E-state index contributed by atoms with van der Waals surface area (Å²) in [7, 11) is -4.71. The van der Waals surface area contributed by atoms with E-state index in [1.807, 2.05) is 0 Å². The summed E-state index contributed by atoms with van der Waals surface area (Å²) < 4.78 is 29.2. The van der Waals surface area contributed by atoms with E-state index in [4.69, 9.17) is 31.7 Å². The second-order valence-electron chi connectivity index (χ2n) is 11.9. The maximum atomic E-state index is 12.4. The second kappa shape index (κ2) is 21.7. The molecular weight excluding hydrogens is 613 g/mol. The van der Waals surface area contributed by atoms with Crippen molar-refractivity contribution < 1.29 is 43.7 Å². The van der Waals surface area contributed by atoms with Crippen LogP contribution in [-0.4, -0.2) is 84.6 Å². The number of aromatic nitrogens is 2. The number of H-pyrrole nitrogens is 1. The molecule has 0 fully saturated rings. The summed E-state index contributed by atoms with van der Waals surface area (Å²) in [6.07, 6.45) is 10.9. The molecule has 1 unspecified atom stereocenters. The normalized spacial score (nSPS) is 17.1. The predicted molar refractivity (Wildman–Crippen MR) is 171 cm³/mol. The van der Waals surface area contributed by atoms with E-state index in [9.17, 15) is 34.7 Å². The van der Waals surface area contributed by atoms with Crippen LogP contribution in [0.15, 0.2) is 17.1 Å². The molecule has 0 bridgehead atoms. The highest BCUT2D eigenvalue weighted by Crippen LogP contribution is 2.43. The van der Waals surface area contributed by atoms with Crippen LogP contribution < -0.4 is 11.3 Å². The van der Waals surface area contributed by atoms with E-state index in [1.165, 1.54) is 82.0 Å². The number of rotatable bonds is 26. The van der Waals surface area contributed by atoms with Gasteiger partial charge in [-0.2, -0.15) is 0 Å². The molecule has 6 atom stereocenters. The molecule has 1 aromatic rings. The number of nitrogens with zero attached hydrogens (tertiary/aromatic N) is 1. The first-order chi connectivity index (χ1) is 20.7. The Balaban J connectivity index is 2.41. The standard InChI is InChI=1S/C29H56N3O10PS/c1-4-5-6-7-8-9-10-11-12-13-14-15-16-24(34)26(36)23(30)21-41-43(38,39)40-20-22(19-33)42-27(29(2,3)37)32-18-17-25(35)31-28(32)44/h17-18,22-24,26-27,33-34,36-37H,4-16,19-21,30H2,1-3H3,(H,38,39)(H,31,35,44)/t22-,23-,24+,26-,27+/m0/s1. The van der Waals surface area contributed by atoms with Crippen molar-refractivity contribution >= 4 is 20.0 Å². The molecule has 1 rings (SSSR count). The zero-order chi connectivity index (χ0) is 33.2. The minimum Gasteiger partial charge on any atom is -0.394 e. The van der Waals surface area contributed by atoms with Crippen LogP contribution in [0.2, 0.25) is 0 Å². The molecule has 13 nitrogen and oxygen atoms in total. The summed E-state index contributed by atoms with van der Waals surface area (Å²) in [5, 5.41) is 41.0. The Morgan fingerprint density at radius 1 is 1.00 bits per heavy atom. The summed E-state index contributed by atoms with van der Waals surface area (Å²) in [6, 6.07) is 0.0174. The van der Waals surface area contributed by atoms with Gasteiger partial charge in [0.25, 0.3) is 5.56 Å². The molecule has 1 aromatic heterocycles. The van der Waals surface area contributed by atoms with Gasteiger partial charge in [0.2, 0.25) is 0 Å². The lowest BCUT2D eigenvalue weighted by molar-refractivity contribution is -0.173. The quantitative estimate of drug-likeness (QED) is 0.0427. The number of unbranched alkanes of at least 4 members (excludes halogenated alkanes) is 11. The SMILES string of the molecule is CCCCCCCCCCCCCC[C@@H](O)[C@@H](O)[C@@H](N)COP(=O)(O)OC[C@H](CO)O[C@@H](n1ccc(=O)[nH]c1=S)C(C)(C)O. The maximum absolute atomic E-state index is 12.4. The third-order valence-electron chi connectivity index (χ3n) is 7.27. The molecule has 15 heteroatoms. The first kappa shape index (κ1) is 41.0. The third kappa shape index (κ3) is 17.0. The van der Waals surface area contributed by atoms with Crippen molar-refractivity contribution in [1.82, 2.24) is 9.55 Å². The summed E-state index contributed by atoms with van der Waals surface area (Å²) >= 11 is 5.13. The van der Waals surface area contributed by atoms with Crippen molar-refractivity contribution in [3.8, 4) is 0 Å². The monoisotopic (exact) mass is 669 g/mol. The number of nitrogens with one attached hydrogen (secondary N) is 1. The lowest BCUT2D eigenvalue weighted by Crippen LogP contribution is -2.45. The van der Waals surface area contributed by atoms with Crippen LogP contribution in [0.5, 0.6) is 0 Å². The number of aromatic amines is 1. The van der Waals surface area contributed by atoms with Gasteiger partial charge in [-0.05, 0) is 32.5 Å². The van der Waals surface area contributed by atoms with Gasteiger partial charge in [0.15, 0.2) is 11.0 Å². The Kier molecular flexibility index (Phi) is 20.2. The topological polar surface area (TPSA) is 210 Å². The molecule has 0 radical (unpaired) electrons. The van der Waals surface area contributed by atoms with Crippen molar-refractivity contribution in [1.29, 1.82) is 0 Å². The highest BCUT2D eigenvalue weighted by molar-refractivity contribution is 7.71. The highest BCUT2D eigenvalue weighted by Gasteiger charge is 2.34. The number of hydrogen-bond donors (Lipinski definition) is 7. The van der Waals surface area contributed by atoms with Crippen LogP contribution >= 0.6 is 20.0 Å². The van der Waals surface area contributed by atoms with E-state index in [-0.39, 0.29) is 4.77 Å². The van der Waals surface area contributed by atoms with Crippen molar-refractivity contribution in [2.75, 3.05) is 19.8 Å². The molecular formula is C29H56N3O10PS. The Morgan fingerprint density at radius 3 is 2.02 bits per heavy atom. The predicted octanol–water partition coefficient (Wildman–Crippen LogP) is 3.83. The van der Waals surface area contributed by atoms with E-state index in [0.29, 0.717) is 6.42 Å². The average Bonchev–Trinajstić information content (AvgIpc) is 2.96. The van der Waals surface area contributed by atoms with E-state index in [1.54, 1.807) is 0 Å². The molecule has 8 N–H and O–H groups in total. The number of phosphoric acid groups is 1. The highest BCUT2D eigenvalue weighted by atomic mass is 32.1. The van der Waals surface area contributed by atoms with Gasteiger partial charge in [-0.25, -0.2) is 4.57 Å². The molecule has 0 amide bonds. The van der Waals surface area contributed by atoms with Crippen LogP contribution in [0.4, 0.5) is 0 Å². The Labute approximate surface area is 266 Å². The fourth-order valence-corrected chi connectivity index (χ4v) is 5.69. The summed E-state index contributed by atoms with van der Waals surface area (Å²) in [6.45, 7) is 3.20. The molecule has 0 aromatic carbocycles. The first-order valence-corrected chi connectivity index (χ1v) is 17.7. The largest absolute Gasteiger partial charge is 0.472 e. The summed E-state index contributed by atoms with van der Waals surface area (Å²) in [4.78, 5) is 24.0. The van der Waals surface area contributed by atoms with E-state index >= 15 is 0 Å². The molecule has 1 heterocycles. The van der Waals surface area contributed by atoms with Gasteiger partial charge in [-0.3, -0.25) is 23.4 Å². The summed E-state index contributed by atoms with van der Waals surface area (Å²) in [5.41, 5.74) is 3.88. The number of phosphoric ester groups is 1. The van der Waals surface area contributed by atoms with Crippen LogP contribution in [-0.2, 0) is 18.3 Å². The average molecular weight is 670 g/mol. The number of aliphatic hydroxyl groups excluding tert-OH is 3. The number of ether oxygens (including phenoxy) is 1. The summed E-state index contributed by atoms with van der Waals surface area (Å²) in [5.74, 6) is 0. The Morgan fingerprint density at radius 2 is 1.52 bits per heavy atom.